The third kappa shape index (κ3) is 3.34. The number of urea groups is 1. The summed E-state index contributed by atoms with van der Waals surface area (Å²) in [6, 6.07) is 7.62. The molecule has 1 aromatic carbocycles. The van der Waals surface area contributed by atoms with Crippen LogP contribution in [0.2, 0.25) is 0 Å². The molecule has 3 fully saturated rings. The fraction of sp³-hybridized carbons (Fsp3) is 0.571. The van der Waals surface area contributed by atoms with Crippen LogP contribution in [0, 0.1) is 11.3 Å². The van der Waals surface area contributed by atoms with Gasteiger partial charge in [-0.05, 0) is 36.3 Å². The number of hydrogen-bond donors (Lipinski definition) is 2. The number of rotatable bonds is 5. The molecule has 1 saturated carbocycles. The molecule has 150 valence electrons. The molecule has 0 aromatic heterocycles. The normalized spacial score (nSPS) is 26.6. The lowest BCUT2D eigenvalue weighted by atomic mass is 9.81. The van der Waals surface area contributed by atoms with Crippen LogP contribution in [0.25, 0.3) is 0 Å². The third-order valence-electron chi connectivity index (χ3n) is 6.66. The Morgan fingerprint density at radius 1 is 1.21 bits per heavy atom. The van der Waals surface area contributed by atoms with Gasteiger partial charge in [0.1, 0.15) is 0 Å². The second kappa shape index (κ2) is 7.45. The maximum absolute atomic E-state index is 12.7. The van der Waals surface area contributed by atoms with Crippen molar-refractivity contribution in [1.29, 1.82) is 0 Å². The molecule has 3 amide bonds. The standard InChI is InChI=1S/C21H27N3O4/c25-18-8-4-10-23(18)12-16-6-2-1-5-15(16)11-22-20(28)24-13-17-7-3-9-21(17,14-24)19(26)27/h1-2,5-6,17H,3-4,7-14H2,(H,22,28)(H,26,27)/t17-,21+/m0/s1. The van der Waals surface area contributed by atoms with E-state index in [0.717, 1.165) is 36.9 Å². The van der Waals surface area contributed by atoms with Gasteiger partial charge < -0.3 is 20.2 Å². The molecule has 0 bridgehead atoms. The summed E-state index contributed by atoms with van der Waals surface area (Å²) in [6.45, 7) is 2.54. The van der Waals surface area contributed by atoms with E-state index in [4.69, 9.17) is 0 Å². The number of carbonyl (C=O) groups is 3. The maximum Gasteiger partial charge on any atom is 0.317 e. The van der Waals surface area contributed by atoms with Crippen LogP contribution in [0.15, 0.2) is 24.3 Å². The molecular weight excluding hydrogens is 358 g/mol. The van der Waals surface area contributed by atoms with Crippen molar-refractivity contribution in [3.05, 3.63) is 35.4 Å². The van der Waals surface area contributed by atoms with Gasteiger partial charge in [-0.1, -0.05) is 30.7 Å². The summed E-state index contributed by atoms with van der Waals surface area (Å²) in [5.41, 5.74) is 1.27. The Morgan fingerprint density at radius 2 is 2.00 bits per heavy atom. The van der Waals surface area contributed by atoms with Crippen molar-refractivity contribution in [2.75, 3.05) is 19.6 Å². The fourth-order valence-corrected chi connectivity index (χ4v) is 5.04. The number of likely N-dealkylation sites (tertiary alicyclic amines) is 2. The lowest BCUT2D eigenvalue weighted by Gasteiger charge is -2.23. The molecule has 2 saturated heterocycles. The van der Waals surface area contributed by atoms with Gasteiger partial charge in [-0.2, -0.15) is 0 Å². The number of carboxylic acids is 1. The molecule has 1 aliphatic carbocycles. The summed E-state index contributed by atoms with van der Waals surface area (Å²) in [6.07, 6.45) is 3.97. The second-order valence-corrected chi connectivity index (χ2v) is 8.28. The van der Waals surface area contributed by atoms with Crippen LogP contribution < -0.4 is 5.32 Å². The molecule has 7 nitrogen and oxygen atoms in total. The number of fused-ring (bicyclic) bond motifs is 1. The highest BCUT2D eigenvalue weighted by Gasteiger charge is 2.55. The van der Waals surface area contributed by atoms with Crippen LogP contribution >= 0.6 is 0 Å². The van der Waals surface area contributed by atoms with E-state index < -0.39 is 11.4 Å². The third-order valence-corrected chi connectivity index (χ3v) is 6.66. The minimum absolute atomic E-state index is 0.0595. The van der Waals surface area contributed by atoms with Gasteiger partial charge in [0, 0.05) is 39.1 Å². The van der Waals surface area contributed by atoms with Gasteiger partial charge in [0.2, 0.25) is 5.91 Å². The van der Waals surface area contributed by atoms with Gasteiger partial charge in [0.05, 0.1) is 5.41 Å². The lowest BCUT2D eigenvalue weighted by Crippen LogP contribution is -2.41. The highest BCUT2D eigenvalue weighted by atomic mass is 16.4. The molecule has 7 heteroatoms. The highest BCUT2D eigenvalue weighted by Crippen LogP contribution is 2.48. The summed E-state index contributed by atoms with van der Waals surface area (Å²) < 4.78 is 0. The van der Waals surface area contributed by atoms with Crippen LogP contribution in [0.4, 0.5) is 4.79 Å². The summed E-state index contributed by atoms with van der Waals surface area (Å²) in [5, 5.41) is 12.6. The Labute approximate surface area is 164 Å². The molecule has 0 unspecified atom stereocenters. The van der Waals surface area contributed by atoms with Crippen molar-refractivity contribution in [2.24, 2.45) is 11.3 Å². The Balaban J connectivity index is 1.38. The summed E-state index contributed by atoms with van der Waals surface area (Å²) in [7, 11) is 0. The van der Waals surface area contributed by atoms with Gasteiger partial charge in [0.15, 0.2) is 0 Å². The number of hydrogen-bond acceptors (Lipinski definition) is 3. The van der Waals surface area contributed by atoms with E-state index in [-0.39, 0.29) is 17.9 Å². The smallest absolute Gasteiger partial charge is 0.317 e. The van der Waals surface area contributed by atoms with Gasteiger partial charge in [0.25, 0.3) is 0 Å². The SMILES string of the molecule is O=C1CCCN1Cc1ccccc1CNC(=O)N1C[C@@H]2CCC[C@@]2(C(=O)O)C1. The van der Waals surface area contributed by atoms with Crippen LogP contribution in [0.1, 0.15) is 43.2 Å². The van der Waals surface area contributed by atoms with Crippen molar-refractivity contribution >= 4 is 17.9 Å². The zero-order valence-electron chi connectivity index (χ0n) is 16.0. The monoisotopic (exact) mass is 385 g/mol. The first-order chi connectivity index (χ1) is 13.5. The molecule has 4 rings (SSSR count). The van der Waals surface area contributed by atoms with E-state index >= 15 is 0 Å². The molecule has 2 heterocycles. The number of amides is 3. The number of carbonyl (C=O) groups excluding carboxylic acids is 2. The summed E-state index contributed by atoms with van der Waals surface area (Å²) >= 11 is 0. The zero-order valence-corrected chi connectivity index (χ0v) is 16.0. The van der Waals surface area contributed by atoms with Crippen LogP contribution in [-0.2, 0) is 22.7 Å². The van der Waals surface area contributed by atoms with Crippen molar-refractivity contribution in [3.8, 4) is 0 Å². The van der Waals surface area contributed by atoms with Crippen molar-refractivity contribution in [1.82, 2.24) is 15.1 Å². The maximum atomic E-state index is 12.7. The molecule has 2 N–H and O–H groups in total. The zero-order chi connectivity index (χ0) is 19.7. The molecule has 2 aliphatic heterocycles. The van der Waals surface area contributed by atoms with Gasteiger partial charge in [-0.15, -0.1) is 0 Å². The Kier molecular flexibility index (Phi) is 5.00. The van der Waals surface area contributed by atoms with E-state index in [1.54, 1.807) is 4.90 Å². The fourth-order valence-electron chi connectivity index (χ4n) is 5.04. The second-order valence-electron chi connectivity index (χ2n) is 8.28. The highest BCUT2D eigenvalue weighted by molar-refractivity contribution is 5.80. The topological polar surface area (TPSA) is 90.0 Å². The van der Waals surface area contributed by atoms with E-state index in [0.29, 0.717) is 39.0 Å². The van der Waals surface area contributed by atoms with E-state index in [9.17, 15) is 19.5 Å². The van der Waals surface area contributed by atoms with Gasteiger partial charge in [-0.3, -0.25) is 9.59 Å². The van der Waals surface area contributed by atoms with E-state index in [1.165, 1.54) is 0 Å². The van der Waals surface area contributed by atoms with Crippen LogP contribution in [-0.4, -0.2) is 52.4 Å². The Morgan fingerprint density at radius 3 is 2.68 bits per heavy atom. The van der Waals surface area contributed by atoms with Crippen LogP contribution in [0.3, 0.4) is 0 Å². The number of nitrogens with one attached hydrogen (secondary N) is 1. The Bertz CT molecular complexity index is 796. The van der Waals surface area contributed by atoms with E-state index in [1.807, 2.05) is 29.2 Å². The molecular formula is C21H27N3O4. The average Bonchev–Trinajstić information content (AvgIpc) is 3.35. The first-order valence-electron chi connectivity index (χ1n) is 10.1. The average molecular weight is 385 g/mol. The number of aliphatic carboxylic acids is 1. The minimum Gasteiger partial charge on any atom is -0.481 e. The molecule has 0 radical (unpaired) electrons. The largest absolute Gasteiger partial charge is 0.481 e. The van der Waals surface area contributed by atoms with Crippen molar-refractivity contribution in [3.63, 3.8) is 0 Å². The molecule has 0 spiro atoms. The summed E-state index contributed by atoms with van der Waals surface area (Å²) in [4.78, 5) is 39.9. The van der Waals surface area contributed by atoms with Crippen LogP contribution in [0.5, 0.6) is 0 Å². The minimum atomic E-state index is -0.772. The Hall–Kier alpha value is -2.57. The van der Waals surface area contributed by atoms with Crippen molar-refractivity contribution < 1.29 is 19.5 Å². The predicted molar refractivity (Wildman–Crippen MR) is 102 cm³/mol. The number of carboxylic acid groups (broad SMARTS) is 1. The van der Waals surface area contributed by atoms with Crippen molar-refractivity contribution in [2.45, 2.75) is 45.2 Å². The quantitative estimate of drug-likeness (QED) is 0.813. The predicted octanol–water partition coefficient (Wildman–Crippen LogP) is 2.21. The summed E-state index contributed by atoms with van der Waals surface area (Å²) in [5.74, 6) is -0.531. The molecule has 1 aromatic rings. The first kappa shape index (κ1) is 18.8. The number of benzene rings is 1. The molecule has 28 heavy (non-hydrogen) atoms. The van der Waals surface area contributed by atoms with Gasteiger partial charge in [-0.25, -0.2) is 4.79 Å². The first-order valence-corrected chi connectivity index (χ1v) is 10.1. The number of nitrogens with zero attached hydrogens (tertiary/aromatic N) is 2. The molecule has 2 atom stereocenters. The van der Waals surface area contributed by atoms with E-state index in [2.05, 4.69) is 5.32 Å². The van der Waals surface area contributed by atoms with Gasteiger partial charge >= 0.3 is 12.0 Å². The molecule has 3 aliphatic rings. The lowest BCUT2D eigenvalue weighted by molar-refractivity contribution is -0.149.